The van der Waals surface area contributed by atoms with Gasteiger partial charge >= 0.3 is 0 Å². The van der Waals surface area contributed by atoms with Crippen LogP contribution in [0.25, 0.3) is 0 Å². The van der Waals surface area contributed by atoms with E-state index in [9.17, 15) is 9.18 Å². The van der Waals surface area contributed by atoms with Gasteiger partial charge in [0.1, 0.15) is 11.5 Å². The Labute approximate surface area is 160 Å². The van der Waals surface area contributed by atoms with Crippen LogP contribution in [-0.4, -0.2) is 26.8 Å². The SMILES string of the molecule is Cc1cnc(C(=O)Nc2ccc(F)c(C34CCCC3CSC(N)=N4)c2)cn1. The number of nitrogens with one attached hydrogen (secondary N) is 1. The lowest BCUT2D eigenvalue weighted by Gasteiger charge is -2.36. The molecule has 2 aliphatic rings. The van der Waals surface area contributed by atoms with Crippen molar-refractivity contribution in [3.05, 3.63) is 53.4 Å². The van der Waals surface area contributed by atoms with E-state index in [4.69, 9.17) is 5.73 Å². The van der Waals surface area contributed by atoms with E-state index in [-0.39, 0.29) is 23.3 Å². The highest BCUT2D eigenvalue weighted by Crippen LogP contribution is 2.51. The highest BCUT2D eigenvalue weighted by atomic mass is 32.2. The third-order valence-corrected chi connectivity index (χ3v) is 6.19. The maximum absolute atomic E-state index is 14.8. The zero-order valence-corrected chi connectivity index (χ0v) is 15.7. The fourth-order valence-corrected chi connectivity index (χ4v) is 4.94. The third kappa shape index (κ3) is 3.29. The predicted molar refractivity (Wildman–Crippen MR) is 104 cm³/mol. The van der Waals surface area contributed by atoms with Crippen LogP contribution in [0.15, 0.2) is 35.6 Å². The zero-order valence-electron chi connectivity index (χ0n) is 14.9. The lowest BCUT2D eigenvalue weighted by Crippen LogP contribution is -2.37. The number of hydrogen-bond donors (Lipinski definition) is 2. The van der Waals surface area contributed by atoms with Crippen LogP contribution in [0.1, 0.15) is 41.0 Å². The molecule has 2 heterocycles. The number of nitrogens with zero attached hydrogens (tertiary/aromatic N) is 3. The second-order valence-electron chi connectivity index (χ2n) is 6.97. The van der Waals surface area contributed by atoms with Crippen LogP contribution in [0.3, 0.4) is 0 Å². The molecule has 1 aromatic carbocycles. The van der Waals surface area contributed by atoms with Crippen molar-refractivity contribution in [3.8, 4) is 0 Å². The van der Waals surface area contributed by atoms with Crippen LogP contribution in [-0.2, 0) is 5.54 Å². The molecule has 0 spiro atoms. The second kappa shape index (κ2) is 6.92. The van der Waals surface area contributed by atoms with Crippen LogP contribution < -0.4 is 11.1 Å². The number of aryl methyl sites for hydroxylation is 1. The van der Waals surface area contributed by atoms with E-state index in [0.29, 0.717) is 16.4 Å². The Kier molecular flexibility index (Phi) is 4.59. The van der Waals surface area contributed by atoms with E-state index >= 15 is 0 Å². The summed E-state index contributed by atoms with van der Waals surface area (Å²) in [6.45, 7) is 1.80. The first-order valence-electron chi connectivity index (χ1n) is 8.86. The van der Waals surface area contributed by atoms with Crippen molar-refractivity contribution in [1.29, 1.82) is 0 Å². The number of carbonyl (C=O) groups excluding carboxylic acids is 1. The summed E-state index contributed by atoms with van der Waals surface area (Å²) in [5.41, 5.74) is 7.28. The summed E-state index contributed by atoms with van der Waals surface area (Å²) in [5, 5.41) is 3.28. The molecule has 140 valence electrons. The molecule has 1 aliphatic carbocycles. The molecular formula is C19H20FN5OS. The molecule has 27 heavy (non-hydrogen) atoms. The van der Waals surface area contributed by atoms with Crippen LogP contribution >= 0.6 is 11.8 Å². The van der Waals surface area contributed by atoms with Gasteiger partial charge in [-0.15, -0.1) is 0 Å². The topological polar surface area (TPSA) is 93.3 Å². The average molecular weight is 385 g/mol. The van der Waals surface area contributed by atoms with E-state index in [1.165, 1.54) is 30.2 Å². The maximum Gasteiger partial charge on any atom is 0.275 e. The smallest absolute Gasteiger partial charge is 0.275 e. The third-order valence-electron chi connectivity index (χ3n) is 5.23. The molecule has 1 amide bonds. The maximum atomic E-state index is 14.8. The zero-order chi connectivity index (χ0) is 19.0. The van der Waals surface area contributed by atoms with E-state index in [0.717, 1.165) is 30.7 Å². The monoisotopic (exact) mass is 385 g/mol. The van der Waals surface area contributed by atoms with Crippen LogP contribution in [0.2, 0.25) is 0 Å². The summed E-state index contributed by atoms with van der Waals surface area (Å²) in [4.78, 5) is 25.3. The number of amidine groups is 1. The minimum Gasteiger partial charge on any atom is -0.379 e. The highest BCUT2D eigenvalue weighted by Gasteiger charge is 2.48. The molecule has 1 saturated carbocycles. The molecule has 8 heteroatoms. The molecule has 0 radical (unpaired) electrons. The standard InChI is InChI=1S/C19H20FN5OS/c1-11-8-23-16(9-22-11)17(26)24-13-4-5-15(20)14(7-13)19-6-2-3-12(19)10-27-18(21)25-19/h4-5,7-9,12H,2-3,6,10H2,1H3,(H2,21,25)(H,24,26). The number of aliphatic imine (C=N–C) groups is 1. The van der Waals surface area contributed by atoms with Crippen molar-refractivity contribution in [2.75, 3.05) is 11.1 Å². The summed E-state index contributed by atoms with van der Waals surface area (Å²) in [6, 6.07) is 4.60. The molecule has 4 rings (SSSR count). The average Bonchev–Trinajstić information content (AvgIpc) is 3.07. The number of aromatic nitrogens is 2. The Morgan fingerprint density at radius 3 is 3.00 bits per heavy atom. The Bertz CT molecular complexity index is 917. The van der Waals surface area contributed by atoms with Gasteiger partial charge in [0.2, 0.25) is 0 Å². The number of benzene rings is 1. The Hall–Kier alpha value is -2.48. The van der Waals surface area contributed by atoms with Crippen LogP contribution in [0.4, 0.5) is 10.1 Å². The molecular weight excluding hydrogens is 365 g/mol. The fourth-order valence-electron chi connectivity index (χ4n) is 3.90. The van der Waals surface area contributed by atoms with Gasteiger partial charge in [0, 0.05) is 23.2 Å². The van der Waals surface area contributed by atoms with Crippen LogP contribution in [0, 0.1) is 18.7 Å². The van der Waals surface area contributed by atoms with Crippen molar-refractivity contribution in [3.63, 3.8) is 0 Å². The molecule has 2 unspecified atom stereocenters. The first-order valence-corrected chi connectivity index (χ1v) is 9.85. The van der Waals surface area contributed by atoms with Crippen molar-refractivity contribution in [2.45, 2.75) is 31.7 Å². The summed E-state index contributed by atoms with van der Waals surface area (Å²) in [5.74, 6) is 0.379. The molecule has 2 atom stereocenters. The molecule has 1 aliphatic heterocycles. The van der Waals surface area contributed by atoms with Crippen molar-refractivity contribution in [2.24, 2.45) is 16.6 Å². The molecule has 0 bridgehead atoms. The number of hydrogen-bond acceptors (Lipinski definition) is 6. The Morgan fingerprint density at radius 1 is 1.37 bits per heavy atom. The lowest BCUT2D eigenvalue weighted by atomic mass is 9.81. The first-order chi connectivity index (χ1) is 13.0. The summed E-state index contributed by atoms with van der Waals surface area (Å²) < 4.78 is 14.8. The van der Waals surface area contributed by atoms with Gasteiger partial charge in [0.05, 0.1) is 17.4 Å². The summed E-state index contributed by atoms with van der Waals surface area (Å²) >= 11 is 1.53. The summed E-state index contributed by atoms with van der Waals surface area (Å²) in [6.07, 6.45) is 5.70. The Morgan fingerprint density at radius 2 is 2.22 bits per heavy atom. The van der Waals surface area contributed by atoms with E-state index < -0.39 is 5.54 Å². The largest absolute Gasteiger partial charge is 0.379 e. The number of halogens is 1. The first kappa shape index (κ1) is 17.9. The number of fused-ring (bicyclic) bond motifs is 1. The number of thioether (sulfide) groups is 1. The van der Waals surface area contributed by atoms with Gasteiger partial charge in [-0.1, -0.05) is 18.2 Å². The molecule has 2 aromatic rings. The molecule has 3 N–H and O–H groups in total. The second-order valence-corrected chi connectivity index (χ2v) is 8.01. The quantitative estimate of drug-likeness (QED) is 0.846. The van der Waals surface area contributed by atoms with Gasteiger partial charge in [0.25, 0.3) is 5.91 Å². The van der Waals surface area contributed by atoms with Crippen molar-refractivity contribution >= 4 is 28.5 Å². The van der Waals surface area contributed by atoms with E-state index in [1.54, 1.807) is 19.1 Å². The van der Waals surface area contributed by atoms with E-state index in [1.807, 2.05) is 0 Å². The van der Waals surface area contributed by atoms with Gasteiger partial charge in [-0.25, -0.2) is 9.37 Å². The number of anilines is 1. The number of carbonyl (C=O) groups is 1. The van der Waals surface area contributed by atoms with Gasteiger partial charge in [-0.2, -0.15) is 0 Å². The normalized spacial score (nSPS) is 24.2. The minimum atomic E-state index is -0.635. The lowest BCUT2D eigenvalue weighted by molar-refractivity contribution is 0.102. The minimum absolute atomic E-state index is 0.208. The predicted octanol–water partition coefficient (Wildman–Crippen LogP) is 3.23. The fraction of sp³-hybridized carbons (Fsp3) is 0.368. The van der Waals surface area contributed by atoms with Crippen molar-refractivity contribution in [1.82, 2.24) is 9.97 Å². The number of rotatable bonds is 3. The molecule has 1 fully saturated rings. The van der Waals surface area contributed by atoms with Gasteiger partial charge in [-0.05, 0) is 43.9 Å². The number of amides is 1. The molecule has 0 saturated heterocycles. The van der Waals surface area contributed by atoms with Crippen molar-refractivity contribution < 1.29 is 9.18 Å². The summed E-state index contributed by atoms with van der Waals surface area (Å²) in [7, 11) is 0. The van der Waals surface area contributed by atoms with Gasteiger partial charge in [-0.3, -0.25) is 14.8 Å². The Balaban J connectivity index is 1.67. The molecule has 6 nitrogen and oxygen atoms in total. The highest BCUT2D eigenvalue weighted by molar-refractivity contribution is 8.13. The number of nitrogens with two attached hydrogens (primary N) is 1. The van der Waals surface area contributed by atoms with E-state index in [2.05, 4.69) is 20.3 Å². The van der Waals surface area contributed by atoms with Gasteiger partial charge < -0.3 is 11.1 Å². The van der Waals surface area contributed by atoms with Gasteiger partial charge in [0.15, 0.2) is 5.17 Å². The van der Waals surface area contributed by atoms with Crippen LogP contribution in [0.5, 0.6) is 0 Å². The molecule has 1 aromatic heterocycles.